The Bertz CT molecular complexity index is 393. The lowest BCUT2D eigenvalue weighted by Crippen LogP contribution is -2.34. The topological polar surface area (TPSA) is 68.7 Å². The van der Waals surface area contributed by atoms with Crippen LogP contribution in [0.3, 0.4) is 0 Å². The maximum Gasteiger partial charge on any atom is 0.289 e. The van der Waals surface area contributed by atoms with Gasteiger partial charge in [-0.1, -0.05) is 12.2 Å². The number of carbonyl (C=O) groups excluding carboxylic acids is 1. The highest BCUT2D eigenvalue weighted by Gasteiger charge is 2.17. The minimum Gasteiger partial charge on any atom is -0.459 e. The minimum atomic E-state index is -0.141. The minimum absolute atomic E-state index is 0.141. The third kappa shape index (κ3) is 5.85. The van der Waals surface area contributed by atoms with Gasteiger partial charge in [0.15, 0.2) is 5.76 Å². The van der Waals surface area contributed by atoms with Gasteiger partial charge in [0.05, 0.1) is 11.3 Å². The van der Waals surface area contributed by atoms with Crippen LogP contribution in [0.5, 0.6) is 0 Å². The number of carbonyl (C=O) groups is 1. The third-order valence-electron chi connectivity index (χ3n) is 2.57. The molecule has 2 N–H and O–H groups in total. The van der Waals surface area contributed by atoms with Crippen LogP contribution in [-0.4, -0.2) is 42.1 Å². The molecule has 0 atom stereocenters. The van der Waals surface area contributed by atoms with E-state index in [1.807, 2.05) is 6.92 Å². The van der Waals surface area contributed by atoms with E-state index in [0.717, 1.165) is 6.42 Å². The Kier molecular flexibility index (Phi) is 7.14. The molecule has 1 aromatic heterocycles. The molecule has 0 radical (unpaired) electrons. The first kappa shape index (κ1) is 15.7. The highest BCUT2D eigenvalue weighted by molar-refractivity contribution is 7.80. The van der Waals surface area contributed by atoms with E-state index in [1.54, 1.807) is 17.0 Å². The van der Waals surface area contributed by atoms with Crippen molar-refractivity contribution in [2.45, 2.75) is 19.8 Å². The molecule has 0 bridgehead atoms. The number of hydrogen-bond acceptors (Lipinski definition) is 4. The van der Waals surface area contributed by atoms with E-state index in [2.05, 4.69) is 0 Å². The molecule has 1 amide bonds. The Morgan fingerprint density at radius 3 is 2.89 bits per heavy atom. The van der Waals surface area contributed by atoms with Gasteiger partial charge in [-0.25, -0.2) is 0 Å². The van der Waals surface area contributed by atoms with Crippen molar-refractivity contribution < 1.29 is 13.9 Å². The van der Waals surface area contributed by atoms with Crippen LogP contribution in [0, 0.1) is 0 Å². The van der Waals surface area contributed by atoms with Crippen LogP contribution in [0.2, 0.25) is 0 Å². The van der Waals surface area contributed by atoms with E-state index in [-0.39, 0.29) is 5.91 Å². The number of amides is 1. The summed E-state index contributed by atoms with van der Waals surface area (Å²) in [5.41, 5.74) is 5.48. The lowest BCUT2D eigenvalue weighted by Gasteiger charge is -2.21. The molecule has 0 aromatic carbocycles. The fraction of sp³-hybridized carbons (Fsp3) is 0.538. The van der Waals surface area contributed by atoms with Crippen molar-refractivity contribution in [3.05, 3.63) is 24.2 Å². The van der Waals surface area contributed by atoms with Gasteiger partial charge in [-0.2, -0.15) is 0 Å². The summed E-state index contributed by atoms with van der Waals surface area (Å²) < 4.78 is 10.4. The fourth-order valence-electron chi connectivity index (χ4n) is 1.62. The van der Waals surface area contributed by atoms with E-state index in [9.17, 15) is 4.79 Å². The van der Waals surface area contributed by atoms with Gasteiger partial charge < -0.3 is 19.8 Å². The standard InChI is InChI=1S/C13H20N2O3S/c1-2-17-9-4-7-15(8-6-12(14)19)13(16)11-5-3-10-18-11/h3,5,10H,2,4,6-9H2,1H3,(H2,14,19). The molecule has 0 unspecified atom stereocenters. The van der Waals surface area contributed by atoms with Crippen molar-refractivity contribution >= 4 is 23.1 Å². The van der Waals surface area contributed by atoms with Gasteiger partial charge in [-0.3, -0.25) is 4.79 Å². The van der Waals surface area contributed by atoms with E-state index in [1.165, 1.54) is 6.26 Å². The van der Waals surface area contributed by atoms with Crippen LogP contribution in [-0.2, 0) is 4.74 Å². The Balaban J connectivity index is 2.52. The van der Waals surface area contributed by atoms with E-state index in [4.69, 9.17) is 27.1 Å². The number of nitrogens with zero attached hydrogens (tertiary/aromatic N) is 1. The summed E-state index contributed by atoms with van der Waals surface area (Å²) in [4.78, 5) is 14.3. The number of rotatable bonds is 9. The molecule has 0 saturated heterocycles. The Labute approximate surface area is 118 Å². The van der Waals surface area contributed by atoms with Gasteiger partial charge in [0.25, 0.3) is 5.91 Å². The van der Waals surface area contributed by atoms with Crippen LogP contribution in [0.1, 0.15) is 30.3 Å². The van der Waals surface area contributed by atoms with Crippen molar-refractivity contribution in [3.63, 3.8) is 0 Å². The van der Waals surface area contributed by atoms with E-state index in [0.29, 0.717) is 43.5 Å². The highest BCUT2D eigenvalue weighted by Crippen LogP contribution is 2.07. The van der Waals surface area contributed by atoms with Crippen molar-refractivity contribution in [3.8, 4) is 0 Å². The lowest BCUT2D eigenvalue weighted by molar-refractivity contribution is 0.0699. The zero-order valence-electron chi connectivity index (χ0n) is 11.1. The number of nitrogens with two attached hydrogens (primary N) is 1. The van der Waals surface area contributed by atoms with E-state index >= 15 is 0 Å². The predicted octanol–water partition coefficient (Wildman–Crippen LogP) is 1.82. The van der Waals surface area contributed by atoms with Crippen molar-refractivity contribution in [2.24, 2.45) is 5.73 Å². The molecule has 0 saturated carbocycles. The number of hydrogen-bond donors (Lipinski definition) is 1. The molecule has 1 aromatic rings. The zero-order valence-corrected chi connectivity index (χ0v) is 11.9. The number of furan rings is 1. The van der Waals surface area contributed by atoms with Crippen LogP contribution >= 0.6 is 12.2 Å². The molecule has 0 spiro atoms. The molecule has 0 fully saturated rings. The third-order valence-corrected chi connectivity index (χ3v) is 2.77. The lowest BCUT2D eigenvalue weighted by atomic mass is 10.3. The fourth-order valence-corrected chi connectivity index (χ4v) is 1.71. The average molecular weight is 284 g/mol. The van der Waals surface area contributed by atoms with Crippen LogP contribution in [0.4, 0.5) is 0 Å². The molecule has 6 heteroatoms. The Hall–Kier alpha value is -1.40. The summed E-state index contributed by atoms with van der Waals surface area (Å²) in [6.45, 7) is 4.35. The van der Waals surface area contributed by atoms with E-state index < -0.39 is 0 Å². The van der Waals surface area contributed by atoms with Crippen LogP contribution in [0.25, 0.3) is 0 Å². The molecule has 1 heterocycles. The summed E-state index contributed by atoms with van der Waals surface area (Å²) in [6.07, 6.45) is 2.77. The van der Waals surface area contributed by atoms with Gasteiger partial charge in [0.1, 0.15) is 0 Å². The monoisotopic (exact) mass is 284 g/mol. The average Bonchev–Trinajstić information content (AvgIpc) is 2.90. The second kappa shape index (κ2) is 8.66. The van der Waals surface area contributed by atoms with Crippen LogP contribution in [0.15, 0.2) is 22.8 Å². The molecule has 0 aliphatic heterocycles. The second-order valence-corrected chi connectivity index (χ2v) is 4.56. The maximum atomic E-state index is 12.2. The molecule has 106 valence electrons. The van der Waals surface area contributed by atoms with Crippen molar-refractivity contribution in [1.29, 1.82) is 0 Å². The summed E-state index contributed by atoms with van der Waals surface area (Å²) in [7, 11) is 0. The first-order valence-corrected chi connectivity index (χ1v) is 6.74. The van der Waals surface area contributed by atoms with Gasteiger partial charge in [-0.15, -0.1) is 0 Å². The largest absolute Gasteiger partial charge is 0.459 e. The van der Waals surface area contributed by atoms with Crippen molar-refractivity contribution in [2.75, 3.05) is 26.3 Å². The molecule has 19 heavy (non-hydrogen) atoms. The first-order valence-electron chi connectivity index (χ1n) is 6.34. The number of thiocarbonyl (C=S) groups is 1. The normalized spacial score (nSPS) is 10.4. The summed E-state index contributed by atoms with van der Waals surface area (Å²) in [5, 5.41) is 0. The predicted molar refractivity (Wildman–Crippen MR) is 77.1 cm³/mol. The Morgan fingerprint density at radius 1 is 1.53 bits per heavy atom. The smallest absolute Gasteiger partial charge is 0.289 e. The summed E-state index contributed by atoms with van der Waals surface area (Å²) >= 11 is 4.85. The molecule has 0 aliphatic rings. The van der Waals surface area contributed by atoms with Crippen molar-refractivity contribution in [1.82, 2.24) is 4.90 Å². The molecule has 5 nitrogen and oxygen atoms in total. The SMILES string of the molecule is CCOCCCN(CCC(N)=S)C(=O)c1ccco1. The molecular weight excluding hydrogens is 264 g/mol. The molecule has 0 aliphatic carbocycles. The number of ether oxygens (including phenoxy) is 1. The quantitative estimate of drug-likeness (QED) is 0.553. The molecular formula is C13H20N2O3S. The highest BCUT2D eigenvalue weighted by atomic mass is 32.1. The van der Waals surface area contributed by atoms with Crippen LogP contribution < -0.4 is 5.73 Å². The van der Waals surface area contributed by atoms with Gasteiger partial charge in [-0.05, 0) is 25.5 Å². The van der Waals surface area contributed by atoms with Gasteiger partial charge >= 0.3 is 0 Å². The maximum absolute atomic E-state index is 12.2. The second-order valence-electron chi connectivity index (χ2n) is 4.04. The summed E-state index contributed by atoms with van der Waals surface area (Å²) in [6, 6.07) is 3.35. The molecule has 1 rings (SSSR count). The Morgan fingerprint density at radius 2 is 2.32 bits per heavy atom. The first-order chi connectivity index (χ1) is 9.15. The van der Waals surface area contributed by atoms with Gasteiger partial charge in [0.2, 0.25) is 0 Å². The zero-order chi connectivity index (χ0) is 14.1. The summed E-state index contributed by atoms with van der Waals surface area (Å²) in [5.74, 6) is 0.192. The van der Waals surface area contributed by atoms with Gasteiger partial charge in [0, 0.05) is 32.7 Å².